The summed E-state index contributed by atoms with van der Waals surface area (Å²) >= 11 is 0. The van der Waals surface area contributed by atoms with Crippen LogP contribution < -0.4 is 15.5 Å². The van der Waals surface area contributed by atoms with Gasteiger partial charge in [0.1, 0.15) is 12.4 Å². The second-order valence-corrected chi connectivity index (χ2v) is 7.45. The third-order valence-corrected chi connectivity index (χ3v) is 5.28. The van der Waals surface area contributed by atoms with Crippen LogP contribution in [0.3, 0.4) is 0 Å². The number of fused-ring (bicyclic) bond motifs is 1. The number of carbonyl (C=O) groups is 2. The van der Waals surface area contributed by atoms with Crippen LogP contribution in [0.1, 0.15) is 21.6 Å². The molecular formula is C23H23N3O5. The molecule has 0 saturated carbocycles. The minimum Gasteiger partial charge on any atom is -0.489 e. The van der Waals surface area contributed by atoms with Gasteiger partial charge in [0.25, 0.3) is 11.8 Å². The number of para-hydroxylation sites is 1. The fourth-order valence-electron chi connectivity index (χ4n) is 3.67. The lowest BCUT2D eigenvalue weighted by molar-refractivity contribution is -0.133. The molecule has 2 heterocycles. The zero-order valence-corrected chi connectivity index (χ0v) is 17.0. The molecule has 8 heteroatoms. The van der Waals surface area contributed by atoms with E-state index in [1.165, 1.54) is 0 Å². The van der Waals surface area contributed by atoms with Gasteiger partial charge in [-0.3, -0.25) is 19.8 Å². The van der Waals surface area contributed by atoms with E-state index in [0.717, 1.165) is 22.2 Å². The number of nitrogens with zero attached hydrogens (tertiary/aromatic N) is 1. The Kier molecular flexibility index (Phi) is 6.11. The summed E-state index contributed by atoms with van der Waals surface area (Å²) in [6.45, 7) is 2.69. The maximum absolute atomic E-state index is 12.5. The summed E-state index contributed by atoms with van der Waals surface area (Å²) in [5.41, 5.74) is 4.94. The second-order valence-electron chi connectivity index (χ2n) is 7.45. The maximum atomic E-state index is 12.5. The summed E-state index contributed by atoms with van der Waals surface area (Å²) in [4.78, 5) is 28.7. The second kappa shape index (κ2) is 9.11. The van der Waals surface area contributed by atoms with Gasteiger partial charge in [0.15, 0.2) is 0 Å². The van der Waals surface area contributed by atoms with Crippen molar-refractivity contribution in [2.75, 3.05) is 13.2 Å². The summed E-state index contributed by atoms with van der Waals surface area (Å²) in [5.74, 6) is -0.897. The van der Waals surface area contributed by atoms with Crippen molar-refractivity contribution in [2.45, 2.75) is 19.6 Å². The number of aromatic nitrogens is 1. The smallest absolute Gasteiger partial charge is 0.251 e. The molecule has 3 aromatic rings. The molecule has 0 unspecified atom stereocenters. The molecule has 1 saturated heterocycles. The van der Waals surface area contributed by atoms with Gasteiger partial charge in [-0.05, 0) is 43.3 Å². The van der Waals surface area contributed by atoms with E-state index < -0.39 is 17.9 Å². The molecule has 0 radical (unpaired) electrons. The van der Waals surface area contributed by atoms with Crippen LogP contribution in [0.15, 0.2) is 54.6 Å². The lowest BCUT2D eigenvalue weighted by atomic mass is 10.0. The lowest BCUT2D eigenvalue weighted by Crippen LogP contribution is -2.45. The number of hydroxylamine groups is 1. The van der Waals surface area contributed by atoms with Crippen molar-refractivity contribution in [3.63, 3.8) is 0 Å². The Hall–Kier alpha value is -3.49. The third-order valence-electron chi connectivity index (χ3n) is 5.28. The molecular weight excluding hydrogens is 398 g/mol. The van der Waals surface area contributed by atoms with Crippen molar-refractivity contribution in [3.8, 4) is 5.75 Å². The van der Waals surface area contributed by atoms with Crippen LogP contribution in [0, 0.1) is 12.8 Å². The first-order valence-electron chi connectivity index (χ1n) is 9.96. The van der Waals surface area contributed by atoms with Crippen molar-refractivity contribution >= 4 is 22.7 Å². The van der Waals surface area contributed by atoms with Crippen LogP contribution in [0.5, 0.6) is 5.75 Å². The fourth-order valence-corrected chi connectivity index (χ4v) is 3.67. The van der Waals surface area contributed by atoms with Gasteiger partial charge in [-0.25, -0.2) is 5.48 Å². The quantitative estimate of drug-likeness (QED) is 0.416. The molecule has 0 aliphatic carbocycles. The molecule has 8 nitrogen and oxygen atoms in total. The highest BCUT2D eigenvalue weighted by Gasteiger charge is 2.35. The molecule has 160 valence electrons. The molecule has 31 heavy (non-hydrogen) atoms. The van der Waals surface area contributed by atoms with Gasteiger partial charge in [-0.15, -0.1) is 0 Å². The van der Waals surface area contributed by atoms with Crippen molar-refractivity contribution in [1.82, 2.24) is 15.8 Å². The Morgan fingerprint density at radius 3 is 2.71 bits per heavy atom. The van der Waals surface area contributed by atoms with Crippen LogP contribution in [0.4, 0.5) is 0 Å². The first-order chi connectivity index (χ1) is 15.0. The highest BCUT2D eigenvalue weighted by Crippen LogP contribution is 2.21. The first-order valence-corrected chi connectivity index (χ1v) is 9.96. The van der Waals surface area contributed by atoms with E-state index in [4.69, 9.17) is 14.7 Å². The number of amides is 2. The zero-order chi connectivity index (χ0) is 21.8. The minimum absolute atomic E-state index is 0.146. The Bertz CT molecular complexity index is 1100. The number of ether oxygens (including phenoxy) is 2. The van der Waals surface area contributed by atoms with Crippen molar-refractivity contribution in [1.29, 1.82) is 0 Å². The van der Waals surface area contributed by atoms with E-state index in [1.54, 1.807) is 29.7 Å². The predicted octanol–water partition coefficient (Wildman–Crippen LogP) is 2.37. The summed E-state index contributed by atoms with van der Waals surface area (Å²) in [6, 6.07) is 16.2. The standard InChI is InChI=1S/C23H23N3O5/c1-14-10-16(18-4-2-3-5-20(18)24-14)11-31-17-8-6-15(7-9-17)22(27)25-21-13-30-12-19(21)23(28)26-29/h2-10,19,21,29H,11-13H2,1H3,(H,25,27)(H,26,28)/t19-,21+/m1/s1. The number of aryl methyl sites for hydroxylation is 1. The van der Waals surface area contributed by atoms with Gasteiger partial charge in [0, 0.05) is 22.2 Å². The average molecular weight is 421 g/mol. The number of pyridine rings is 1. The van der Waals surface area contributed by atoms with E-state index in [1.807, 2.05) is 37.3 Å². The Morgan fingerprint density at radius 2 is 1.94 bits per heavy atom. The molecule has 0 bridgehead atoms. The zero-order valence-electron chi connectivity index (χ0n) is 17.0. The van der Waals surface area contributed by atoms with Crippen LogP contribution in [0.25, 0.3) is 10.9 Å². The van der Waals surface area contributed by atoms with Gasteiger partial charge in [-0.2, -0.15) is 0 Å². The molecule has 1 aliphatic heterocycles. The monoisotopic (exact) mass is 421 g/mol. The highest BCUT2D eigenvalue weighted by atomic mass is 16.5. The van der Waals surface area contributed by atoms with Crippen LogP contribution in [0.2, 0.25) is 0 Å². The van der Waals surface area contributed by atoms with Crippen molar-refractivity contribution < 1.29 is 24.3 Å². The summed E-state index contributed by atoms with van der Waals surface area (Å²) in [6.07, 6.45) is 0. The number of hydrogen-bond donors (Lipinski definition) is 3. The van der Waals surface area contributed by atoms with Crippen LogP contribution >= 0.6 is 0 Å². The summed E-state index contributed by atoms with van der Waals surface area (Å²) in [5, 5.41) is 12.6. The number of carbonyl (C=O) groups excluding carboxylic acids is 2. The van der Waals surface area contributed by atoms with Crippen LogP contribution in [-0.4, -0.2) is 41.3 Å². The topological polar surface area (TPSA) is 110 Å². The van der Waals surface area contributed by atoms with Crippen LogP contribution in [-0.2, 0) is 16.1 Å². The van der Waals surface area contributed by atoms with Crippen molar-refractivity contribution in [2.24, 2.45) is 5.92 Å². The van der Waals surface area contributed by atoms with E-state index in [-0.39, 0.29) is 19.1 Å². The third kappa shape index (κ3) is 4.65. The summed E-state index contributed by atoms with van der Waals surface area (Å²) < 4.78 is 11.2. The Morgan fingerprint density at radius 1 is 1.16 bits per heavy atom. The van der Waals surface area contributed by atoms with E-state index in [0.29, 0.717) is 17.9 Å². The molecule has 3 N–H and O–H groups in total. The van der Waals surface area contributed by atoms with E-state index in [2.05, 4.69) is 10.3 Å². The van der Waals surface area contributed by atoms with Gasteiger partial charge >= 0.3 is 0 Å². The van der Waals surface area contributed by atoms with Gasteiger partial charge in [0.05, 0.1) is 30.7 Å². The molecule has 2 amide bonds. The summed E-state index contributed by atoms with van der Waals surface area (Å²) in [7, 11) is 0. The SMILES string of the molecule is Cc1cc(COc2ccc(C(=O)N[C@H]3COC[C@H]3C(=O)NO)cc2)c2ccccc2n1. The normalized spacial score (nSPS) is 18.0. The average Bonchev–Trinajstić information content (AvgIpc) is 3.25. The molecule has 4 rings (SSSR count). The van der Waals surface area contributed by atoms with Gasteiger partial charge < -0.3 is 14.8 Å². The number of benzene rings is 2. The first kappa shape index (κ1) is 20.8. The number of rotatable bonds is 6. The number of nitrogens with one attached hydrogen (secondary N) is 2. The van der Waals surface area contributed by atoms with Crippen molar-refractivity contribution in [3.05, 3.63) is 71.4 Å². The molecule has 2 aromatic carbocycles. The minimum atomic E-state index is -0.629. The van der Waals surface area contributed by atoms with Gasteiger partial charge in [0.2, 0.25) is 0 Å². The van der Waals surface area contributed by atoms with E-state index in [9.17, 15) is 9.59 Å². The largest absolute Gasteiger partial charge is 0.489 e. The maximum Gasteiger partial charge on any atom is 0.251 e. The number of hydrogen-bond acceptors (Lipinski definition) is 6. The molecule has 2 atom stereocenters. The highest BCUT2D eigenvalue weighted by molar-refractivity contribution is 5.95. The Balaban J connectivity index is 1.40. The molecule has 0 spiro atoms. The van der Waals surface area contributed by atoms with E-state index >= 15 is 0 Å². The molecule has 1 aliphatic rings. The lowest BCUT2D eigenvalue weighted by Gasteiger charge is -2.17. The predicted molar refractivity (Wildman–Crippen MR) is 113 cm³/mol. The molecule has 1 aromatic heterocycles. The molecule has 1 fully saturated rings. The fraction of sp³-hybridized carbons (Fsp3) is 0.261. The Labute approximate surface area is 179 Å². The van der Waals surface area contributed by atoms with Gasteiger partial charge in [-0.1, -0.05) is 18.2 Å².